The molecule has 25 heavy (non-hydrogen) atoms. The molecule has 136 valence electrons. The maximum atomic E-state index is 12.5. The maximum absolute atomic E-state index is 12.5. The van der Waals surface area contributed by atoms with E-state index in [4.69, 9.17) is 4.74 Å². The van der Waals surface area contributed by atoms with E-state index in [0.29, 0.717) is 16.8 Å². The first-order valence-corrected chi connectivity index (χ1v) is 9.04. The molecule has 6 nitrogen and oxygen atoms in total. The number of nitrogens with one attached hydrogen (secondary N) is 2. The Bertz CT molecular complexity index is 701. The number of nitrogens with zero attached hydrogens (tertiary/aromatic N) is 2. The highest BCUT2D eigenvalue weighted by atomic mass is 35.5. The van der Waals surface area contributed by atoms with E-state index in [-0.39, 0.29) is 30.1 Å². The van der Waals surface area contributed by atoms with Crippen LogP contribution in [0.2, 0.25) is 0 Å². The van der Waals surface area contributed by atoms with Crippen molar-refractivity contribution in [2.75, 3.05) is 18.4 Å². The largest absolute Gasteiger partial charge is 0.489 e. The minimum atomic E-state index is -0.294. The molecule has 3 rings (SSSR count). The zero-order valence-corrected chi connectivity index (χ0v) is 16.0. The number of pyridine rings is 1. The Kier molecular flexibility index (Phi) is 7.16. The van der Waals surface area contributed by atoms with E-state index in [1.54, 1.807) is 29.7 Å². The number of hydrogen-bond acceptors (Lipinski definition) is 6. The third-order valence-electron chi connectivity index (χ3n) is 3.83. The molecule has 3 heterocycles. The highest BCUT2D eigenvalue weighted by Gasteiger charge is 2.20. The second-order valence-corrected chi connectivity index (χ2v) is 7.13. The summed E-state index contributed by atoms with van der Waals surface area (Å²) in [5, 5.41) is 6.81. The van der Waals surface area contributed by atoms with Gasteiger partial charge in [-0.3, -0.25) is 10.1 Å². The van der Waals surface area contributed by atoms with Crippen LogP contribution in [0.4, 0.5) is 5.13 Å². The quantitative estimate of drug-likeness (QED) is 0.828. The fourth-order valence-electron chi connectivity index (χ4n) is 2.71. The smallest absolute Gasteiger partial charge is 0.279 e. The van der Waals surface area contributed by atoms with Crippen LogP contribution in [0.25, 0.3) is 0 Å². The topological polar surface area (TPSA) is 76.1 Å². The molecule has 1 saturated heterocycles. The Morgan fingerprint density at radius 3 is 2.84 bits per heavy atom. The van der Waals surface area contributed by atoms with Gasteiger partial charge in [0, 0.05) is 17.3 Å². The van der Waals surface area contributed by atoms with Gasteiger partial charge in [-0.2, -0.15) is 0 Å². The third kappa shape index (κ3) is 5.14. The average molecular weight is 383 g/mol. The van der Waals surface area contributed by atoms with Gasteiger partial charge >= 0.3 is 0 Å². The normalized spacial score (nSPS) is 14.8. The predicted molar refractivity (Wildman–Crippen MR) is 102 cm³/mol. The van der Waals surface area contributed by atoms with Crippen molar-refractivity contribution in [2.24, 2.45) is 0 Å². The molecule has 0 unspecified atom stereocenters. The summed E-state index contributed by atoms with van der Waals surface area (Å²) >= 11 is 1.54. The Balaban J connectivity index is 0.00000225. The summed E-state index contributed by atoms with van der Waals surface area (Å²) < 4.78 is 5.66. The predicted octanol–water partition coefficient (Wildman–Crippen LogP) is 3.47. The fraction of sp³-hybridized carbons (Fsp3) is 0.471. The summed E-state index contributed by atoms with van der Waals surface area (Å²) in [6, 6.07) is 3.51. The third-order valence-corrected chi connectivity index (χ3v) is 4.91. The van der Waals surface area contributed by atoms with Gasteiger partial charge in [0.25, 0.3) is 5.91 Å². The Morgan fingerprint density at radius 1 is 1.36 bits per heavy atom. The van der Waals surface area contributed by atoms with Crippen LogP contribution >= 0.6 is 23.7 Å². The first kappa shape index (κ1) is 19.6. The van der Waals surface area contributed by atoms with Crippen LogP contribution in [0, 0.1) is 0 Å². The second kappa shape index (κ2) is 9.12. The number of carbonyl (C=O) groups excluding carboxylic acids is 1. The van der Waals surface area contributed by atoms with E-state index < -0.39 is 0 Å². The molecule has 2 N–H and O–H groups in total. The Labute approximate surface area is 157 Å². The van der Waals surface area contributed by atoms with E-state index in [9.17, 15) is 4.79 Å². The first-order chi connectivity index (χ1) is 11.6. The lowest BCUT2D eigenvalue weighted by molar-refractivity contribution is 0.101. The zero-order valence-electron chi connectivity index (χ0n) is 14.3. The van der Waals surface area contributed by atoms with Gasteiger partial charge < -0.3 is 10.1 Å². The molecule has 0 spiro atoms. The van der Waals surface area contributed by atoms with Gasteiger partial charge in [-0.25, -0.2) is 9.97 Å². The van der Waals surface area contributed by atoms with Crippen LogP contribution in [0.5, 0.6) is 5.75 Å². The van der Waals surface area contributed by atoms with Crippen LogP contribution in [0.1, 0.15) is 48.0 Å². The van der Waals surface area contributed by atoms with Gasteiger partial charge in [-0.05, 0) is 57.8 Å². The average Bonchev–Trinajstić information content (AvgIpc) is 3.04. The molecule has 2 aromatic rings. The number of hydrogen-bond donors (Lipinski definition) is 2. The van der Waals surface area contributed by atoms with Crippen LogP contribution in [-0.2, 0) is 0 Å². The molecule has 0 atom stereocenters. The Morgan fingerprint density at radius 2 is 2.12 bits per heavy atom. The molecular weight excluding hydrogens is 360 g/mol. The molecular formula is C17H23ClN4O2S. The summed E-state index contributed by atoms with van der Waals surface area (Å²) in [4.78, 5) is 22.2. The molecule has 1 amide bonds. The van der Waals surface area contributed by atoms with E-state index in [2.05, 4.69) is 20.6 Å². The summed E-state index contributed by atoms with van der Waals surface area (Å²) in [7, 11) is 0. The van der Waals surface area contributed by atoms with Crippen molar-refractivity contribution in [3.8, 4) is 5.75 Å². The van der Waals surface area contributed by atoms with Gasteiger partial charge in [0.05, 0.1) is 6.10 Å². The van der Waals surface area contributed by atoms with Crippen molar-refractivity contribution in [3.63, 3.8) is 0 Å². The van der Waals surface area contributed by atoms with Crippen molar-refractivity contribution >= 4 is 34.8 Å². The number of halogens is 1. The lowest BCUT2D eigenvalue weighted by atomic mass is 9.97. The molecule has 0 saturated carbocycles. The number of ether oxygens (including phenoxy) is 1. The minimum absolute atomic E-state index is 0. The summed E-state index contributed by atoms with van der Waals surface area (Å²) in [5.41, 5.74) is 0.282. The molecule has 2 aromatic heterocycles. The fourth-order valence-corrected chi connectivity index (χ4v) is 3.69. The molecule has 0 aliphatic carbocycles. The Hall–Kier alpha value is -1.70. The lowest BCUT2D eigenvalue weighted by Crippen LogP contribution is -2.26. The maximum Gasteiger partial charge on any atom is 0.279 e. The SMILES string of the molecule is CC(C)Oc1cccnc1C(=O)Nc1ncc(C2CCNCC2)s1.Cl. The van der Waals surface area contributed by atoms with E-state index in [1.165, 1.54) is 4.88 Å². The van der Waals surface area contributed by atoms with Crippen LogP contribution in [-0.4, -0.2) is 35.1 Å². The number of thiazole rings is 1. The van der Waals surface area contributed by atoms with Gasteiger partial charge in [-0.15, -0.1) is 23.7 Å². The number of amides is 1. The highest BCUT2D eigenvalue weighted by Crippen LogP contribution is 2.32. The van der Waals surface area contributed by atoms with Crippen LogP contribution < -0.4 is 15.4 Å². The molecule has 0 aromatic carbocycles. The van der Waals surface area contributed by atoms with Crippen molar-refractivity contribution in [3.05, 3.63) is 35.1 Å². The molecule has 1 aliphatic rings. The second-order valence-electron chi connectivity index (χ2n) is 6.06. The summed E-state index contributed by atoms with van der Waals surface area (Å²) in [6.07, 6.45) is 5.67. The van der Waals surface area contributed by atoms with Gasteiger partial charge in [-0.1, -0.05) is 0 Å². The van der Waals surface area contributed by atoms with Crippen molar-refractivity contribution < 1.29 is 9.53 Å². The van der Waals surface area contributed by atoms with Crippen molar-refractivity contribution in [2.45, 2.75) is 38.7 Å². The number of rotatable bonds is 5. The molecule has 1 fully saturated rings. The van der Waals surface area contributed by atoms with Crippen molar-refractivity contribution in [1.82, 2.24) is 15.3 Å². The van der Waals surface area contributed by atoms with E-state index >= 15 is 0 Å². The van der Waals surface area contributed by atoms with Crippen molar-refractivity contribution in [1.29, 1.82) is 0 Å². The van der Waals surface area contributed by atoms with Crippen LogP contribution in [0.15, 0.2) is 24.5 Å². The first-order valence-electron chi connectivity index (χ1n) is 8.23. The van der Waals surface area contributed by atoms with E-state index in [1.807, 2.05) is 20.0 Å². The minimum Gasteiger partial charge on any atom is -0.489 e. The molecule has 1 aliphatic heterocycles. The zero-order chi connectivity index (χ0) is 16.9. The monoisotopic (exact) mass is 382 g/mol. The highest BCUT2D eigenvalue weighted by molar-refractivity contribution is 7.15. The lowest BCUT2D eigenvalue weighted by Gasteiger charge is -2.20. The summed E-state index contributed by atoms with van der Waals surface area (Å²) in [6.45, 7) is 5.91. The van der Waals surface area contributed by atoms with Gasteiger partial charge in [0.15, 0.2) is 16.6 Å². The van der Waals surface area contributed by atoms with Gasteiger partial charge in [0.1, 0.15) is 0 Å². The van der Waals surface area contributed by atoms with Gasteiger partial charge in [0.2, 0.25) is 0 Å². The molecule has 8 heteroatoms. The number of anilines is 1. The standard InChI is InChI=1S/C17H22N4O2S.ClH/c1-11(2)23-13-4-3-7-19-15(13)16(22)21-17-20-10-14(24-17)12-5-8-18-9-6-12;/h3-4,7,10-12,18H,5-6,8-9H2,1-2H3,(H,20,21,22);1H. The number of piperidine rings is 1. The number of carbonyl (C=O) groups is 1. The summed E-state index contributed by atoms with van der Waals surface area (Å²) in [5.74, 6) is 0.724. The van der Waals surface area contributed by atoms with E-state index in [0.717, 1.165) is 25.9 Å². The van der Waals surface area contributed by atoms with Crippen LogP contribution in [0.3, 0.4) is 0 Å². The number of aromatic nitrogens is 2. The molecule has 0 radical (unpaired) electrons. The molecule has 0 bridgehead atoms.